The third kappa shape index (κ3) is 4.38. The Morgan fingerprint density at radius 1 is 1.33 bits per heavy atom. The van der Waals surface area contributed by atoms with E-state index in [9.17, 15) is 14.1 Å². The van der Waals surface area contributed by atoms with Gasteiger partial charge < -0.3 is 10.4 Å². The minimum atomic E-state index is -1.03. The first-order valence-corrected chi connectivity index (χ1v) is 8.65. The number of benzene rings is 1. The average molecular weight is 309 g/mol. The molecular weight excluding hydrogens is 286 g/mol. The van der Waals surface area contributed by atoms with Gasteiger partial charge in [-0.3, -0.25) is 9.00 Å². The summed E-state index contributed by atoms with van der Waals surface area (Å²) in [6.45, 7) is 4.43. The summed E-state index contributed by atoms with van der Waals surface area (Å²) >= 11 is 0. The van der Waals surface area contributed by atoms with Crippen molar-refractivity contribution in [1.29, 1.82) is 0 Å². The summed E-state index contributed by atoms with van der Waals surface area (Å²) in [4.78, 5) is 12.8. The molecule has 0 saturated heterocycles. The van der Waals surface area contributed by atoms with Gasteiger partial charge in [-0.1, -0.05) is 13.8 Å². The number of aliphatic hydroxyl groups excluding tert-OH is 1. The highest BCUT2D eigenvalue weighted by molar-refractivity contribution is 7.85. The van der Waals surface area contributed by atoms with Crippen LogP contribution in [0.25, 0.3) is 0 Å². The van der Waals surface area contributed by atoms with E-state index < -0.39 is 10.8 Å². The summed E-state index contributed by atoms with van der Waals surface area (Å²) in [5.41, 5.74) is 0.582. The Bertz CT molecular complexity index is 513. The zero-order valence-corrected chi connectivity index (χ0v) is 13.4. The lowest BCUT2D eigenvalue weighted by Gasteiger charge is -2.11. The molecule has 4 nitrogen and oxygen atoms in total. The quantitative estimate of drug-likeness (QED) is 0.875. The fraction of sp³-hybridized carbons (Fsp3) is 0.562. The van der Waals surface area contributed by atoms with Crippen molar-refractivity contribution in [2.45, 2.75) is 49.4 Å². The monoisotopic (exact) mass is 309 g/mol. The Kier molecular flexibility index (Phi) is 5.53. The molecule has 0 heterocycles. The number of carbonyl (C=O) groups excluding carboxylic acids is 1. The molecule has 116 valence electrons. The van der Waals surface area contributed by atoms with Crippen LogP contribution in [-0.2, 0) is 10.8 Å². The summed E-state index contributed by atoms with van der Waals surface area (Å²) in [5, 5.41) is 12.4. The number of rotatable bonds is 5. The Balaban J connectivity index is 1.89. The fourth-order valence-corrected chi connectivity index (χ4v) is 3.53. The average Bonchev–Trinajstić information content (AvgIpc) is 2.89. The molecule has 0 spiro atoms. The van der Waals surface area contributed by atoms with Crippen LogP contribution in [0.2, 0.25) is 0 Å². The molecule has 1 aromatic rings. The van der Waals surface area contributed by atoms with Crippen molar-refractivity contribution in [3.63, 3.8) is 0 Å². The van der Waals surface area contributed by atoms with E-state index in [1.54, 1.807) is 24.3 Å². The largest absolute Gasteiger partial charge is 0.393 e. The van der Waals surface area contributed by atoms with Gasteiger partial charge in [-0.05, 0) is 49.4 Å². The van der Waals surface area contributed by atoms with Crippen LogP contribution in [0.4, 0.5) is 0 Å². The number of nitrogens with one attached hydrogen (secondary N) is 1. The van der Waals surface area contributed by atoms with Crippen molar-refractivity contribution in [2.24, 2.45) is 5.92 Å². The van der Waals surface area contributed by atoms with Crippen LogP contribution in [0.5, 0.6) is 0 Å². The van der Waals surface area contributed by atoms with Gasteiger partial charge in [0.2, 0.25) is 0 Å². The first kappa shape index (κ1) is 16.2. The van der Waals surface area contributed by atoms with Crippen LogP contribution in [-0.4, -0.2) is 33.1 Å². The molecule has 1 fully saturated rings. The lowest BCUT2D eigenvalue weighted by Crippen LogP contribution is -2.28. The maximum Gasteiger partial charge on any atom is 0.251 e. The van der Waals surface area contributed by atoms with Crippen molar-refractivity contribution in [2.75, 3.05) is 6.54 Å². The van der Waals surface area contributed by atoms with E-state index in [1.807, 2.05) is 13.8 Å². The summed E-state index contributed by atoms with van der Waals surface area (Å²) in [7, 11) is -1.03. The highest BCUT2D eigenvalue weighted by atomic mass is 32.2. The minimum Gasteiger partial charge on any atom is -0.393 e. The molecule has 2 rings (SSSR count). The minimum absolute atomic E-state index is 0.0680. The number of amides is 1. The second-order valence-corrected chi connectivity index (χ2v) is 7.92. The molecule has 1 aromatic carbocycles. The van der Waals surface area contributed by atoms with Crippen LogP contribution in [0.3, 0.4) is 0 Å². The highest BCUT2D eigenvalue weighted by Crippen LogP contribution is 2.24. The molecule has 1 saturated carbocycles. The van der Waals surface area contributed by atoms with Gasteiger partial charge in [0, 0.05) is 22.3 Å². The molecule has 1 aliphatic rings. The van der Waals surface area contributed by atoms with Gasteiger partial charge in [0.15, 0.2) is 0 Å². The van der Waals surface area contributed by atoms with Crippen molar-refractivity contribution >= 4 is 16.7 Å². The SMILES string of the molecule is CC(C)[S@](=O)c1ccc(C(=O)NC[C@H]2CC[C@H](O)C2)cc1. The predicted octanol–water partition coefficient (Wildman–Crippen LogP) is 2.09. The summed E-state index contributed by atoms with van der Waals surface area (Å²) in [6.07, 6.45) is 2.36. The Morgan fingerprint density at radius 3 is 2.52 bits per heavy atom. The Hall–Kier alpha value is -1.20. The topological polar surface area (TPSA) is 66.4 Å². The van der Waals surface area contributed by atoms with E-state index in [4.69, 9.17) is 0 Å². The molecule has 3 atom stereocenters. The van der Waals surface area contributed by atoms with Crippen molar-refractivity contribution in [3.8, 4) is 0 Å². The van der Waals surface area contributed by atoms with Crippen molar-refractivity contribution < 1.29 is 14.1 Å². The van der Waals surface area contributed by atoms with Gasteiger partial charge >= 0.3 is 0 Å². The van der Waals surface area contributed by atoms with Crippen LogP contribution in [0.15, 0.2) is 29.2 Å². The van der Waals surface area contributed by atoms with Gasteiger partial charge in [-0.15, -0.1) is 0 Å². The number of carbonyl (C=O) groups is 1. The zero-order valence-electron chi connectivity index (χ0n) is 12.5. The second kappa shape index (κ2) is 7.18. The van der Waals surface area contributed by atoms with Crippen molar-refractivity contribution in [3.05, 3.63) is 29.8 Å². The summed E-state index contributed by atoms with van der Waals surface area (Å²) in [6, 6.07) is 6.94. The lowest BCUT2D eigenvalue weighted by atomic mass is 10.1. The van der Waals surface area contributed by atoms with E-state index in [1.165, 1.54) is 0 Å². The second-order valence-electron chi connectivity index (χ2n) is 5.91. The van der Waals surface area contributed by atoms with E-state index in [0.717, 1.165) is 24.2 Å². The van der Waals surface area contributed by atoms with Crippen LogP contribution < -0.4 is 5.32 Å². The highest BCUT2D eigenvalue weighted by Gasteiger charge is 2.23. The molecule has 1 amide bonds. The summed E-state index contributed by atoms with van der Waals surface area (Å²) < 4.78 is 11.9. The molecule has 0 unspecified atom stereocenters. The van der Waals surface area contributed by atoms with E-state index in [2.05, 4.69) is 5.32 Å². The molecule has 2 N–H and O–H groups in total. The zero-order chi connectivity index (χ0) is 15.4. The van der Waals surface area contributed by atoms with Crippen LogP contribution in [0.1, 0.15) is 43.5 Å². The third-order valence-corrected chi connectivity index (χ3v) is 5.43. The first-order chi connectivity index (χ1) is 9.97. The molecule has 0 radical (unpaired) electrons. The maximum atomic E-state index is 12.0. The molecule has 5 heteroatoms. The van der Waals surface area contributed by atoms with Gasteiger partial charge in [0.05, 0.1) is 16.9 Å². The Morgan fingerprint density at radius 2 is 2.00 bits per heavy atom. The predicted molar refractivity (Wildman–Crippen MR) is 83.7 cm³/mol. The van der Waals surface area contributed by atoms with Gasteiger partial charge in [0.25, 0.3) is 5.91 Å². The number of aliphatic hydroxyl groups is 1. The van der Waals surface area contributed by atoms with Crippen LogP contribution in [0, 0.1) is 5.92 Å². The number of hydrogen-bond acceptors (Lipinski definition) is 3. The molecular formula is C16H23NO3S. The molecule has 21 heavy (non-hydrogen) atoms. The number of hydrogen-bond donors (Lipinski definition) is 2. The van der Waals surface area contributed by atoms with E-state index in [0.29, 0.717) is 18.0 Å². The van der Waals surface area contributed by atoms with Crippen molar-refractivity contribution in [1.82, 2.24) is 5.32 Å². The standard InChI is InChI=1S/C16H23NO3S/c1-11(2)21(20)15-7-4-13(5-8-15)16(19)17-10-12-3-6-14(18)9-12/h4-5,7-8,11-12,14,18H,3,6,9-10H2,1-2H3,(H,17,19)/t12-,14-,21-/m0/s1. The molecule has 0 bridgehead atoms. The molecule has 0 aromatic heterocycles. The van der Waals surface area contributed by atoms with Gasteiger partial charge in [-0.25, -0.2) is 0 Å². The molecule has 1 aliphatic carbocycles. The smallest absolute Gasteiger partial charge is 0.251 e. The van der Waals surface area contributed by atoms with E-state index in [-0.39, 0.29) is 17.3 Å². The molecule has 0 aliphatic heterocycles. The lowest BCUT2D eigenvalue weighted by molar-refractivity contribution is 0.0945. The normalized spacial score (nSPS) is 23.2. The summed E-state index contributed by atoms with van der Waals surface area (Å²) in [5.74, 6) is 0.259. The third-order valence-electron chi connectivity index (χ3n) is 3.84. The first-order valence-electron chi connectivity index (χ1n) is 7.44. The van der Waals surface area contributed by atoms with E-state index >= 15 is 0 Å². The fourth-order valence-electron chi connectivity index (χ4n) is 2.59. The van der Waals surface area contributed by atoms with Gasteiger partial charge in [0.1, 0.15) is 0 Å². The maximum absolute atomic E-state index is 12.0. The van der Waals surface area contributed by atoms with Gasteiger partial charge in [-0.2, -0.15) is 0 Å². The van der Waals surface area contributed by atoms with Crippen LogP contribution >= 0.6 is 0 Å². The Labute approximate surface area is 128 Å².